The molecular weight excluding hydrogens is 631 g/mol. The Morgan fingerprint density at radius 2 is 2.02 bits per heavy atom. The van der Waals surface area contributed by atoms with E-state index >= 15 is 4.39 Å². The van der Waals surface area contributed by atoms with Crippen molar-refractivity contribution in [2.75, 3.05) is 45.4 Å². The number of aliphatic hydroxyl groups is 1. The summed E-state index contributed by atoms with van der Waals surface area (Å²) in [7, 11) is 1.53. The third-order valence-corrected chi connectivity index (χ3v) is 8.41. The minimum Gasteiger partial charge on any atom is -0.484 e. The van der Waals surface area contributed by atoms with E-state index in [0.717, 1.165) is 11.1 Å². The van der Waals surface area contributed by atoms with Crippen LogP contribution in [0, 0.1) is 12.7 Å². The molecule has 47 heavy (non-hydrogen) atoms. The second-order valence-electron chi connectivity index (χ2n) is 10.9. The normalized spacial score (nSPS) is 15.4. The van der Waals surface area contributed by atoms with E-state index in [0.29, 0.717) is 51.0 Å². The fraction of sp³-hybridized carbons (Fsp3) is 0.312. The number of hydrogen-bond acceptors (Lipinski definition) is 12. The molecule has 0 unspecified atom stereocenters. The Morgan fingerprint density at radius 3 is 2.79 bits per heavy atom. The van der Waals surface area contributed by atoms with Crippen molar-refractivity contribution in [2.45, 2.75) is 26.0 Å². The van der Waals surface area contributed by atoms with E-state index in [1.54, 1.807) is 19.2 Å². The number of benzene rings is 2. The number of halogens is 1. The Morgan fingerprint density at radius 1 is 1.17 bits per heavy atom. The molecule has 0 radical (unpaired) electrons. The molecule has 0 spiro atoms. The summed E-state index contributed by atoms with van der Waals surface area (Å²) in [5.41, 5.74) is 4.00. The molecule has 3 aromatic heterocycles. The van der Waals surface area contributed by atoms with Crippen LogP contribution in [-0.2, 0) is 9.47 Å². The SMILES string of the molecule is COc1cnc2c(-c3nc4cc(F)c(O[C@@H](C)COC(=O)Nc5ccc(C(=O)N6CCOC[C@H]6CO)nc5)cc4s3)cc(C)cc2n1. The van der Waals surface area contributed by atoms with Gasteiger partial charge in [0.1, 0.15) is 23.4 Å². The van der Waals surface area contributed by atoms with Gasteiger partial charge >= 0.3 is 6.09 Å². The van der Waals surface area contributed by atoms with Crippen molar-refractivity contribution in [1.82, 2.24) is 24.8 Å². The lowest BCUT2D eigenvalue weighted by Crippen LogP contribution is -2.50. The van der Waals surface area contributed by atoms with Crippen LogP contribution in [0.25, 0.3) is 31.8 Å². The third-order valence-electron chi connectivity index (χ3n) is 7.36. The van der Waals surface area contributed by atoms with E-state index in [9.17, 15) is 14.7 Å². The number of aryl methyl sites for hydroxylation is 1. The number of rotatable bonds is 9. The van der Waals surface area contributed by atoms with Crippen molar-refractivity contribution in [3.63, 3.8) is 0 Å². The Hall–Kier alpha value is -4.99. The lowest BCUT2D eigenvalue weighted by Gasteiger charge is -2.34. The van der Waals surface area contributed by atoms with Gasteiger partial charge in [0, 0.05) is 24.2 Å². The van der Waals surface area contributed by atoms with Crippen LogP contribution in [0.1, 0.15) is 23.0 Å². The van der Waals surface area contributed by atoms with E-state index < -0.39 is 24.1 Å². The number of amides is 2. The number of nitrogens with zero attached hydrogens (tertiary/aromatic N) is 5. The summed E-state index contributed by atoms with van der Waals surface area (Å²) in [6.07, 6.45) is 1.42. The molecule has 6 rings (SSSR count). The molecule has 0 bridgehead atoms. The van der Waals surface area contributed by atoms with E-state index in [1.807, 2.05) is 19.1 Å². The van der Waals surface area contributed by atoms with Crippen LogP contribution in [0.3, 0.4) is 0 Å². The summed E-state index contributed by atoms with van der Waals surface area (Å²) < 4.78 is 37.3. The first kappa shape index (κ1) is 32.0. The van der Waals surface area contributed by atoms with Crippen LogP contribution in [0.5, 0.6) is 11.6 Å². The minimum absolute atomic E-state index is 0.00371. The molecule has 13 nitrogen and oxygen atoms in total. The van der Waals surface area contributed by atoms with Gasteiger partial charge in [0.05, 0.1) is 72.3 Å². The zero-order chi connectivity index (χ0) is 33.1. The highest BCUT2D eigenvalue weighted by atomic mass is 32.1. The van der Waals surface area contributed by atoms with Gasteiger partial charge in [-0.2, -0.15) is 0 Å². The highest BCUT2D eigenvalue weighted by molar-refractivity contribution is 7.21. The van der Waals surface area contributed by atoms with Gasteiger partial charge in [-0.15, -0.1) is 11.3 Å². The summed E-state index contributed by atoms with van der Waals surface area (Å²) >= 11 is 1.37. The molecule has 2 N–H and O–H groups in total. The molecule has 0 saturated carbocycles. The van der Waals surface area contributed by atoms with Gasteiger partial charge in [0.25, 0.3) is 5.91 Å². The largest absolute Gasteiger partial charge is 0.484 e. The average molecular weight is 663 g/mol. The van der Waals surface area contributed by atoms with E-state index in [2.05, 4.69) is 25.3 Å². The van der Waals surface area contributed by atoms with E-state index in [1.165, 1.54) is 47.7 Å². The molecule has 244 valence electrons. The van der Waals surface area contributed by atoms with Crippen molar-refractivity contribution >= 4 is 50.3 Å². The van der Waals surface area contributed by atoms with Gasteiger partial charge in [0.2, 0.25) is 5.88 Å². The maximum Gasteiger partial charge on any atom is 0.411 e. The molecule has 2 aromatic carbocycles. The summed E-state index contributed by atoms with van der Waals surface area (Å²) in [5, 5.41) is 12.7. The highest BCUT2D eigenvalue weighted by Gasteiger charge is 2.28. The molecule has 0 aliphatic carbocycles. The molecule has 1 aliphatic heterocycles. The number of carbonyl (C=O) groups is 2. The number of fused-ring (bicyclic) bond motifs is 2. The predicted molar refractivity (Wildman–Crippen MR) is 171 cm³/mol. The zero-order valence-corrected chi connectivity index (χ0v) is 26.5. The van der Waals surface area contributed by atoms with Crippen LogP contribution in [0.15, 0.2) is 48.8 Å². The van der Waals surface area contributed by atoms with Crippen LogP contribution < -0.4 is 14.8 Å². The van der Waals surface area contributed by atoms with Crippen LogP contribution in [0.2, 0.25) is 0 Å². The Balaban J connectivity index is 1.07. The Labute approximate surface area is 272 Å². The monoisotopic (exact) mass is 662 g/mol. The fourth-order valence-electron chi connectivity index (χ4n) is 5.06. The lowest BCUT2D eigenvalue weighted by molar-refractivity contribution is -0.0186. The maximum atomic E-state index is 15.1. The van der Waals surface area contributed by atoms with Crippen molar-refractivity contribution in [3.8, 4) is 22.2 Å². The highest BCUT2D eigenvalue weighted by Crippen LogP contribution is 2.37. The number of aromatic nitrogens is 4. The Kier molecular flexibility index (Phi) is 9.38. The fourth-order valence-corrected chi connectivity index (χ4v) is 6.05. The maximum absolute atomic E-state index is 15.1. The van der Waals surface area contributed by atoms with Gasteiger partial charge < -0.3 is 29.0 Å². The third kappa shape index (κ3) is 7.06. The standard InChI is InChI=1S/C32H31FN6O7S/c1-17-8-21(29-25(9-17)37-28(43-3)13-35-29)30-38-24-10-22(33)26(11-27(24)47-30)46-18(2)15-45-32(42)36-19-4-5-23(34-12-19)31(41)39-6-7-44-16-20(39)14-40/h4-5,8-13,18,20,40H,6-7,14-16H2,1-3H3,(H,36,42)/t18-,20+/m0/s1. The summed E-state index contributed by atoms with van der Waals surface area (Å²) in [6.45, 7) is 4.18. The molecule has 1 aliphatic rings. The van der Waals surface area contributed by atoms with Crippen molar-refractivity contribution in [2.24, 2.45) is 0 Å². The predicted octanol–water partition coefficient (Wildman–Crippen LogP) is 4.61. The van der Waals surface area contributed by atoms with Crippen molar-refractivity contribution in [3.05, 3.63) is 65.9 Å². The summed E-state index contributed by atoms with van der Waals surface area (Å²) in [6, 6.07) is 9.31. The quantitative estimate of drug-likeness (QED) is 0.227. The van der Waals surface area contributed by atoms with Gasteiger partial charge in [0.15, 0.2) is 11.6 Å². The first-order chi connectivity index (χ1) is 22.7. The van der Waals surface area contributed by atoms with Gasteiger partial charge in [-0.05, 0) is 43.7 Å². The van der Waals surface area contributed by atoms with Gasteiger partial charge in [-0.3, -0.25) is 10.1 Å². The van der Waals surface area contributed by atoms with E-state index in [-0.39, 0.29) is 37.2 Å². The number of nitrogens with one attached hydrogen (secondary N) is 1. The van der Waals surface area contributed by atoms with Gasteiger partial charge in [-0.1, -0.05) is 0 Å². The van der Waals surface area contributed by atoms with Crippen molar-refractivity contribution in [1.29, 1.82) is 0 Å². The molecule has 1 saturated heterocycles. The molecule has 2 atom stereocenters. The number of thiazole rings is 1. The van der Waals surface area contributed by atoms with Gasteiger partial charge in [-0.25, -0.2) is 29.1 Å². The number of aliphatic hydroxyl groups excluding tert-OH is 1. The molecule has 1 fully saturated rings. The molecule has 4 heterocycles. The first-order valence-corrected chi connectivity index (χ1v) is 15.5. The Bertz CT molecular complexity index is 1940. The molecule has 15 heteroatoms. The van der Waals surface area contributed by atoms with Crippen LogP contribution >= 0.6 is 11.3 Å². The second kappa shape index (κ2) is 13.8. The number of ether oxygens (including phenoxy) is 4. The number of pyridine rings is 1. The number of morpholine rings is 1. The summed E-state index contributed by atoms with van der Waals surface area (Å²) in [5.74, 6) is -0.547. The van der Waals surface area contributed by atoms with Crippen LogP contribution in [-0.4, -0.2) is 94.2 Å². The smallest absolute Gasteiger partial charge is 0.411 e. The second-order valence-corrected chi connectivity index (χ2v) is 11.9. The number of anilines is 1. The van der Waals surface area contributed by atoms with Crippen molar-refractivity contribution < 1.29 is 38.0 Å². The lowest BCUT2D eigenvalue weighted by atomic mass is 10.1. The molecular formula is C32H31FN6O7S. The number of carbonyl (C=O) groups excluding carboxylic acids is 2. The van der Waals surface area contributed by atoms with Crippen LogP contribution in [0.4, 0.5) is 14.9 Å². The first-order valence-electron chi connectivity index (χ1n) is 14.7. The topological polar surface area (TPSA) is 158 Å². The molecule has 5 aromatic rings. The zero-order valence-electron chi connectivity index (χ0n) is 25.7. The average Bonchev–Trinajstić information content (AvgIpc) is 3.49. The summed E-state index contributed by atoms with van der Waals surface area (Å²) in [4.78, 5) is 44.5. The number of hydrogen-bond donors (Lipinski definition) is 2. The number of methoxy groups -OCH3 is 1. The van der Waals surface area contributed by atoms with E-state index in [4.69, 9.17) is 18.9 Å². The molecule has 2 amide bonds. The minimum atomic E-state index is -0.774.